The number of hydrogen-bond donors (Lipinski definition) is 1. The van der Waals surface area contributed by atoms with Crippen molar-refractivity contribution < 1.29 is 14.3 Å². The van der Waals surface area contributed by atoms with Crippen LogP contribution in [0.4, 0.5) is 0 Å². The summed E-state index contributed by atoms with van der Waals surface area (Å²) in [5.41, 5.74) is 1.87. The minimum atomic E-state index is -0.545. The summed E-state index contributed by atoms with van der Waals surface area (Å²) in [6, 6.07) is 16.5. The van der Waals surface area contributed by atoms with Gasteiger partial charge < -0.3 is 15.0 Å². The number of likely N-dealkylation sites (N-methyl/N-ethyl adjacent to an activating group) is 1. The van der Waals surface area contributed by atoms with E-state index < -0.39 is 6.04 Å². The van der Waals surface area contributed by atoms with Crippen LogP contribution in [0.15, 0.2) is 54.6 Å². The molecule has 0 spiro atoms. The molecule has 0 unspecified atom stereocenters. The molecule has 0 radical (unpaired) electrons. The fraction of sp³-hybridized carbons (Fsp3) is 0.300. The molecule has 0 heterocycles. The zero-order valence-corrected chi connectivity index (χ0v) is 14.9. The molecule has 0 aromatic heterocycles. The molecule has 1 N–H and O–H groups in total. The molecule has 0 saturated heterocycles. The van der Waals surface area contributed by atoms with Gasteiger partial charge in [-0.05, 0) is 30.2 Å². The molecule has 0 bridgehead atoms. The lowest BCUT2D eigenvalue weighted by Gasteiger charge is -2.28. The summed E-state index contributed by atoms with van der Waals surface area (Å²) in [5.74, 6) is 0.472. The third-order valence-corrected chi connectivity index (χ3v) is 4.12. The standard InChI is InChI=1S/C20H24N2O3/c1-15(20(24)21-2)22(14-17-7-5-4-6-8-17)19(23)13-16-9-11-18(25-3)12-10-16/h4-12,15H,13-14H2,1-3H3,(H,21,24)/t15-/m1/s1. The van der Waals surface area contributed by atoms with Crippen molar-refractivity contribution in [1.29, 1.82) is 0 Å². The van der Waals surface area contributed by atoms with Gasteiger partial charge in [-0.1, -0.05) is 42.5 Å². The Morgan fingerprint density at radius 3 is 2.24 bits per heavy atom. The zero-order chi connectivity index (χ0) is 18.2. The minimum Gasteiger partial charge on any atom is -0.497 e. The van der Waals surface area contributed by atoms with Crippen molar-refractivity contribution in [3.05, 3.63) is 65.7 Å². The first-order valence-electron chi connectivity index (χ1n) is 8.23. The highest BCUT2D eigenvalue weighted by Gasteiger charge is 2.25. The first-order chi connectivity index (χ1) is 12.0. The van der Waals surface area contributed by atoms with Gasteiger partial charge in [-0.2, -0.15) is 0 Å². The van der Waals surface area contributed by atoms with E-state index >= 15 is 0 Å². The molecule has 2 rings (SSSR count). The maximum Gasteiger partial charge on any atom is 0.242 e. The first-order valence-corrected chi connectivity index (χ1v) is 8.23. The Hall–Kier alpha value is -2.82. The van der Waals surface area contributed by atoms with Crippen molar-refractivity contribution in [2.75, 3.05) is 14.2 Å². The summed E-state index contributed by atoms with van der Waals surface area (Å²) in [5, 5.41) is 2.62. The highest BCUT2D eigenvalue weighted by molar-refractivity contribution is 5.88. The van der Waals surface area contributed by atoms with Gasteiger partial charge in [0.2, 0.25) is 11.8 Å². The van der Waals surface area contributed by atoms with Crippen molar-refractivity contribution in [1.82, 2.24) is 10.2 Å². The Labute approximate surface area is 148 Å². The Morgan fingerprint density at radius 1 is 1.04 bits per heavy atom. The summed E-state index contributed by atoms with van der Waals surface area (Å²) >= 11 is 0. The second-order valence-corrected chi connectivity index (χ2v) is 5.82. The van der Waals surface area contributed by atoms with Crippen molar-refractivity contribution in [3.8, 4) is 5.75 Å². The van der Waals surface area contributed by atoms with Crippen molar-refractivity contribution in [3.63, 3.8) is 0 Å². The summed E-state index contributed by atoms with van der Waals surface area (Å²) in [4.78, 5) is 26.5. The van der Waals surface area contributed by atoms with Gasteiger partial charge >= 0.3 is 0 Å². The van der Waals surface area contributed by atoms with Crippen LogP contribution in [0.5, 0.6) is 5.75 Å². The number of ether oxygens (including phenoxy) is 1. The summed E-state index contributed by atoms with van der Waals surface area (Å²) in [7, 11) is 3.18. The molecule has 0 fully saturated rings. The molecule has 132 valence electrons. The normalized spacial score (nSPS) is 11.5. The van der Waals surface area contributed by atoms with Crippen LogP contribution in [0.25, 0.3) is 0 Å². The van der Waals surface area contributed by atoms with Crippen LogP contribution in [0.1, 0.15) is 18.1 Å². The quantitative estimate of drug-likeness (QED) is 0.842. The van der Waals surface area contributed by atoms with E-state index in [9.17, 15) is 9.59 Å². The van der Waals surface area contributed by atoms with Crippen LogP contribution in [-0.2, 0) is 22.6 Å². The van der Waals surface area contributed by atoms with Crippen molar-refractivity contribution in [2.24, 2.45) is 0 Å². The monoisotopic (exact) mass is 340 g/mol. The van der Waals surface area contributed by atoms with Gasteiger partial charge in [-0.3, -0.25) is 9.59 Å². The first kappa shape index (κ1) is 18.5. The highest BCUT2D eigenvalue weighted by Crippen LogP contribution is 2.15. The molecule has 1 atom stereocenters. The molecule has 0 aliphatic heterocycles. The molecule has 25 heavy (non-hydrogen) atoms. The van der Waals surface area contributed by atoms with Crippen molar-refractivity contribution in [2.45, 2.75) is 25.9 Å². The van der Waals surface area contributed by atoms with Gasteiger partial charge in [0.05, 0.1) is 13.5 Å². The molecule has 0 aliphatic rings. The number of methoxy groups -OCH3 is 1. The Morgan fingerprint density at radius 2 is 1.68 bits per heavy atom. The Kier molecular flexibility index (Phi) is 6.57. The lowest BCUT2D eigenvalue weighted by atomic mass is 10.1. The molecule has 0 aliphatic carbocycles. The molecule has 5 heteroatoms. The average Bonchev–Trinajstić information content (AvgIpc) is 2.66. The number of carbonyl (C=O) groups excluding carboxylic acids is 2. The largest absolute Gasteiger partial charge is 0.497 e. The Bertz CT molecular complexity index is 699. The van der Waals surface area contributed by atoms with Crippen LogP contribution >= 0.6 is 0 Å². The number of amides is 2. The molecular formula is C20H24N2O3. The van der Waals surface area contributed by atoms with Gasteiger partial charge in [0.25, 0.3) is 0 Å². The number of benzene rings is 2. The third-order valence-electron chi connectivity index (χ3n) is 4.12. The number of nitrogens with one attached hydrogen (secondary N) is 1. The van der Waals surface area contributed by atoms with Crippen LogP contribution in [-0.4, -0.2) is 36.9 Å². The summed E-state index contributed by atoms with van der Waals surface area (Å²) in [6.07, 6.45) is 0.234. The summed E-state index contributed by atoms with van der Waals surface area (Å²) < 4.78 is 5.14. The van der Waals surface area contributed by atoms with Crippen LogP contribution < -0.4 is 10.1 Å². The van der Waals surface area contributed by atoms with Crippen LogP contribution in [0, 0.1) is 0 Å². The third kappa shape index (κ3) is 5.08. The summed E-state index contributed by atoms with van der Waals surface area (Å²) in [6.45, 7) is 2.14. The van der Waals surface area contributed by atoms with E-state index in [-0.39, 0.29) is 18.2 Å². The number of carbonyl (C=O) groups is 2. The van der Waals surface area contributed by atoms with E-state index in [1.54, 1.807) is 26.0 Å². The molecule has 5 nitrogen and oxygen atoms in total. The zero-order valence-electron chi connectivity index (χ0n) is 14.9. The fourth-order valence-electron chi connectivity index (χ4n) is 2.59. The van der Waals surface area contributed by atoms with Crippen molar-refractivity contribution >= 4 is 11.8 Å². The molecule has 2 aromatic rings. The minimum absolute atomic E-state index is 0.0925. The number of nitrogens with zero attached hydrogens (tertiary/aromatic N) is 1. The number of rotatable bonds is 7. The lowest BCUT2D eigenvalue weighted by Crippen LogP contribution is -2.47. The second kappa shape index (κ2) is 8.87. The SMILES string of the molecule is CNC(=O)[C@@H](C)N(Cc1ccccc1)C(=O)Cc1ccc(OC)cc1. The van der Waals surface area contributed by atoms with Gasteiger partial charge in [-0.15, -0.1) is 0 Å². The van der Waals surface area contributed by atoms with E-state index in [0.29, 0.717) is 6.54 Å². The lowest BCUT2D eigenvalue weighted by molar-refractivity contribution is -0.139. The van der Waals surface area contributed by atoms with Gasteiger partial charge in [0.15, 0.2) is 0 Å². The van der Waals surface area contributed by atoms with E-state index in [4.69, 9.17) is 4.74 Å². The molecular weight excluding hydrogens is 316 g/mol. The molecule has 2 amide bonds. The smallest absolute Gasteiger partial charge is 0.242 e. The van der Waals surface area contributed by atoms with E-state index in [2.05, 4.69) is 5.32 Å². The van der Waals surface area contributed by atoms with E-state index in [0.717, 1.165) is 16.9 Å². The van der Waals surface area contributed by atoms with E-state index in [1.165, 1.54) is 0 Å². The second-order valence-electron chi connectivity index (χ2n) is 5.82. The predicted molar refractivity (Wildman–Crippen MR) is 97.2 cm³/mol. The van der Waals surface area contributed by atoms with Gasteiger partial charge in [-0.25, -0.2) is 0 Å². The molecule has 2 aromatic carbocycles. The maximum atomic E-state index is 12.8. The fourth-order valence-corrected chi connectivity index (χ4v) is 2.59. The maximum absolute atomic E-state index is 12.8. The topological polar surface area (TPSA) is 58.6 Å². The number of hydrogen-bond acceptors (Lipinski definition) is 3. The average molecular weight is 340 g/mol. The highest BCUT2D eigenvalue weighted by atomic mass is 16.5. The predicted octanol–water partition coefficient (Wildman–Crippen LogP) is 2.40. The van der Waals surface area contributed by atoms with Crippen LogP contribution in [0.2, 0.25) is 0 Å². The van der Waals surface area contributed by atoms with Gasteiger partial charge in [0.1, 0.15) is 11.8 Å². The molecule has 0 saturated carbocycles. The van der Waals surface area contributed by atoms with E-state index in [1.807, 2.05) is 54.6 Å². The Balaban J connectivity index is 2.17. The van der Waals surface area contributed by atoms with Crippen LogP contribution in [0.3, 0.4) is 0 Å². The van der Waals surface area contributed by atoms with Gasteiger partial charge in [0, 0.05) is 13.6 Å².